The van der Waals surface area contributed by atoms with E-state index in [4.69, 9.17) is 5.73 Å². The summed E-state index contributed by atoms with van der Waals surface area (Å²) in [6, 6.07) is 2.54. The Morgan fingerprint density at radius 2 is 2.31 bits per heavy atom. The van der Waals surface area contributed by atoms with E-state index in [0.717, 1.165) is 30.9 Å². The Balaban J connectivity index is 1.88. The van der Waals surface area contributed by atoms with E-state index in [0.29, 0.717) is 11.9 Å². The molecule has 0 bridgehead atoms. The van der Waals surface area contributed by atoms with Gasteiger partial charge in [0, 0.05) is 17.8 Å². The minimum absolute atomic E-state index is 0.583. The van der Waals surface area contributed by atoms with E-state index in [9.17, 15) is 0 Å². The van der Waals surface area contributed by atoms with Gasteiger partial charge >= 0.3 is 0 Å². The molecule has 2 heterocycles. The van der Waals surface area contributed by atoms with Crippen molar-refractivity contribution in [3.05, 3.63) is 17.6 Å². The number of nitrogens with zero attached hydrogens (tertiary/aromatic N) is 2. The SMILES string of the molecule is Cc1nc(N)cc(CCC2CCCCN2)n1. The van der Waals surface area contributed by atoms with Crippen LogP contribution in [0.3, 0.4) is 0 Å². The molecule has 1 aromatic rings. The van der Waals surface area contributed by atoms with Gasteiger partial charge in [0.15, 0.2) is 0 Å². The van der Waals surface area contributed by atoms with Crippen LogP contribution in [0.4, 0.5) is 5.82 Å². The predicted octanol–water partition coefficient (Wildman–Crippen LogP) is 1.44. The minimum atomic E-state index is 0.583. The van der Waals surface area contributed by atoms with Gasteiger partial charge < -0.3 is 11.1 Å². The number of nitrogens with one attached hydrogen (secondary N) is 1. The zero-order valence-electron chi connectivity index (χ0n) is 9.87. The minimum Gasteiger partial charge on any atom is -0.384 e. The van der Waals surface area contributed by atoms with Crippen molar-refractivity contribution in [2.75, 3.05) is 12.3 Å². The average Bonchev–Trinajstić information content (AvgIpc) is 2.27. The van der Waals surface area contributed by atoms with Gasteiger partial charge in [-0.2, -0.15) is 0 Å². The van der Waals surface area contributed by atoms with E-state index < -0.39 is 0 Å². The molecule has 0 amide bonds. The van der Waals surface area contributed by atoms with Crippen molar-refractivity contribution < 1.29 is 0 Å². The van der Waals surface area contributed by atoms with Gasteiger partial charge in [-0.25, -0.2) is 9.97 Å². The Labute approximate surface area is 96.7 Å². The van der Waals surface area contributed by atoms with Crippen LogP contribution in [-0.4, -0.2) is 22.6 Å². The number of hydrogen-bond donors (Lipinski definition) is 2. The molecular weight excluding hydrogens is 200 g/mol. The molecule has 1 aliphatic heterocycles. The number of nitrogen functional groups attached to an aromatic ring is 1. The highest BCUT2D eigenvalue weighted by molar-refractivity contribution is 5.29. The van der Waals surface area contributed by atoms with E-state index in [2.05, 4.69) is 15.3 Å². The molecule has 1 unspecified atom stereocenters. The first kappa shape index (κ1) is 11.3. The van der Waals surface area contributed by atoms with Crippen LogP contribution in [0.15, 0.2) is 6.07 Å². The fourth-order valence-corrected chi connectivity index (χ4v) is 2.28. The molecule has 4 heteroatoms. The third-order valence-corrected chi connectivity index (χ3v) is 3.07. The Hall–Kier alpha value is -1.16. The van der Waals surface area contributed by atoms with Gasteiger partial charge in [0.25, 0.3) is 0 Å². The number of nitrogens with two attached hydrogens (primary N) is 1. The van der Waals surface area contributed by atoms with Gasteiger partial charge in [0.2, 0.25) is 0 Å². The molecule has 0 radical (unpaired) electrons. The second-order valence-electron chi connectivity index (χ2n) is 4.52. The number of rotatable bonds is 3. The smallest absolute Gasteiger partial charge is 0.127 e. The summed E-state index contributed by atoms with van der Waals surface area (Å²) < 4.78 is 0. The monoisotopic (exact) mass is 220 g/mol. The zero-order valence-corrected chi connectivity index (χ0v) is 9.87. The van der Waals surface area contributed by atoms with Crippen molar-refractivity contribution in [2.45, 2.75) is 45.1 Å². The van der Waals surface area contributed by atoms with Crippen molar-refractivity contribution in [1.82, 2.24) is 15.3 Å². The molecule has 0 spiro atoms. The lowest BCUT2D eigenvalue weighted by atomic mass is 10.00. The predicted molar refractivity (Wildman–Crippen MR) is 65.1 cm³/mol. The summed E-state index contributed by atoms with van der Waals surface area (Å²) in [6.45, 7) is 3.05. The first-order valence-electron chi connectivity index (χ1n) is 6.07. The molecule has 1 atom stereocenters. The summed E-state index contributed by atoms with van der Waals surface area (Å²) in [7, 11) is 0. The van der Waals surface area contributed by atoms with Crippen molar-refractivity contribution in [2.24, 2.45) is 0 Å². The highest BCUT2D eigenvalue weighted by Crippen LogP contribution is 2.13. The maximum Gasteiger partial charge on any atom is 0.127 e. The van der Waals surface area contributed by atoms with E-state index in [1.807, 2.05) is 13.0 Å². The van der Waals surface area contributed by atoms with Gasteiger partial charge in [-0.1, -0.05) is 6.42 Å². The summed E-state index contributed by atoms with van der Waals surface area (Å²) in [5.74, 6) is 1.35. The topological polar surface area (TPSA) is 63.8 Å². The molecule has 0 aromatic carbocycles. The average molecular weight is 220 g/mol. The first-order chi connectivity index (χ1) is 7.74. The molecular formula is C12H20N4. The summed E-state index contributed by atoms with van der Waals surface area (Å²) in [4.78, 5) is 8.48. The quantitative estimate of drug-likeness (QED) is 0.809. The highest BCUT2D eigenvalue weighted by atomic mass is 14.9. The van der Waals surface area contributed by atoms with Crippen molar-refractivity contribution in [3.8, 4) is 0 Å². The van der Waals surface area contributed by atoms with Crippen LogP contribution in [0.2, 0.25) is 0 Å². The Morgan fingerprint density at radius 1 is 1.44 bits per heavy atom. The number of aromatic nitrogens is 2. The Morgan fingerprint density at radius 3 is 3.00 bits per heavy atom. The molecule has 2 rings (SSSR count). The number of aryl methyl sites for hydroxylation is 2. The highest BCUT2D eigenvalue weighted by Gasteiger charge is 2.12. The van der Waals surface area contributed by atoms with Crippen LogP contribution >= 0.6 is 0 Å². The molecule has 4 nitrogen and oxygen atoms in total. The molecule has 1 aliphatic rings. The third-order valence-electron chi connectivity index (χ3n) is 3.07. The van der Waals surface area contributed by atoms with Gasteiger partial charge in [-0.3, -0.25) is 0 Å². The lowest BCUT2D eigenvalue weighted by molar-refractivity contribution is 0.382. The summed E-state index contributed by atoms with van der Waals surface area (Å²) >= 11 is 0. The fraction of sp³-hybridized carbons (Fsp3) is 0.667. The van der Waals surface area contributed by atoms with Crippen LogP contribution < -0.4 is 11.1 Å². The third kappa shape index (κ3) is 3.17. The molecule has 0 aliphatic carbocycles. The lowest BCUT2D eigenvalue weighted by Crippen LogP contribution is -2.34. The molecule has 0 saturated carbocycles. The Bertz CT molecular complexity index is 325. The van der Waals surface area contributed by atoms with Crippen molar-refractivity contribution >= 4 is 5.82 Å². The van der Waals surface area contributed by atoms with E-state index in [1.54, 1.807) is 0 Å². The molecule has 1 fully saturated rings. The van der Waals surface area contributed by atoms with Crippen LogP contribution in [0.25, 0.3) is 0 Å². The van der Waals surface area contributed by atoms with Crippen molar-refractivity contribution in [3.63, 3.8) is 0 Å². The van der Waals surface area contributed by atoms with Crippen molar-refractivity contribution in [1.29, 1.82) is 0 Å². The van der Waals surface area contributed by atoms with Crippen LogP contribution in [0, 0.1) is 6.92 Å². The zero-order chi connectivity index (χ0) is 11.4. The normalized spacial score (nSPS) is 20.9. The molecule has 3 N–H and O–H groups in total. The van der Waals surface area contributed by atoms with Gasteiger partial charge in [0.05, 0.1) is 0 Å². The lowest BCUT2D eigenvalue weighted by Gasteiger charge is -2.23. The van der Waals surface area contributed by atoms with E-state index in [1.165, 1.54) is 19.3 Å². The van der Waals surface area contributed by atoms with Gasteiger partial charge in [-0.05, 0) is 39.2 Å². The number of hydrogen-bond acceptors (Lipinski definition) is 4. The summed E-state index contributed by atoms with van der Waals surface area (Å²) in [5, 5.41) is 3.54. The maximum absolute atomic E-state index is 5.70. The number of anilines is 1. The van der Waals surface area contributed by atoms with Crippen LogP contribution in [0.1, 0.15) is 37.2 Å². The summed E-state index contributed by atoms with van der Waals surface area (Å²) in [6.07, 6.45) is 6.10. The Kier molecular flexibility index (Phi) is 3.72. The molecule has 1 aromatic heterocycles. The van der Waals surface area contributed by atoms with Crippen LogP contribution in [-0.2, 0) is 6.42 Å². The molecule has 16 heavy (non-hydrogen) atoms. The van der Waals surface area contributed by atoms with E-state index in [-0.39, 0.29) is 0 Å². The van der Waals surface area contributed by atoms with E-state index >= 15 is 0 Å². The standard InChI is InChI=1S/C12H20N4/c1-9-15-11(8-12(13)16-9)6-5-10-4-2-3-7-14-10/h8,10,14H,2-7H2,1H3,(H2,13,15,16). The number of piperidine rings is 1. The van der Waals surface area contributed by atoms with Gasteiger partial charge in [0.1, 0.15) is 11.6 Å². The largest absolute Gasteiger partial charge is 0.384 e. The molecule has 1 saturated heterocycles. The van der Waals surface area contributed by atoms with Crippen LogP contribution in [0.5, 0.6) is 0 Å². The first-order valence-corrected chi connectivity index (χ1v) is 6.07. The second kappa shape index (κ2) is 5.25. The molecule has 88 valence electrons. The summed E-state index contributed by atoms with van der Waals surface area (Å²) in [5.41, 5.74) is 6.77. The maximum atomic E-state index is 5.70. The second-order valence-corrected chi connectivity index (χ2v) is 4.52. The fourth-order valence-electron chi connectivity index (χ4n) is 2.28. The van der Waals surface area contributed by atoms with Gasteiger partial charge in [-0.15, -0.1) is 0 Å².